The Hall–Kier alpha value is -1.55. The largest absolute Gasteiger partial charge is 0.356 e. The monoisotopic (exact) mass is 330 g/mol. The molecule has 1 aromatic carbocycles. The fourth-order valence-corrected chi connectivity index (χ4v) is 3.34. The van der Waals surface area contributed by atoms with Crippen molar-refractivity contribution in [1.82, 2.24) is 15.5 Å². The van der Waals surface area contributed by atoms with Gasteiger partial charge in [-0.15, -0.1) is 0 Å². The number of benzene rings is 1. The summed E-state index contributed by atoms with van der Waals surface area (Å²) in [7, 11) is 1.85. The van der Waals surface area contributed by atoms with Crippen molar-refractivity contribution < 1.29 is 0 Å². The Balaban J connectivity index is 1.74. The van der Waals surface area contributed by atoms with Gasteiger partial charge >= 0.3 is 0 Å². The number of nitrogens with one attached hydrogen (secondary N) is 2. The minimum Gasteiger partial charge on any atom is -0.356 e. The van der Waals surface area contributed by atoms with Gasteiger partial charge in [-0.05, 0) is 50.6 Å². The topological polar surface area (TPSA) is 39.7 Å². The summed E-state index contributed by atoms with van der Waals surface area (Å²) >= 11 is 0. The maximum absolute atomic E-state index is 4.37. The third kappa shape index (κ3) is 5.82. The van der Waals surface area contributed by atoms with Crippen molar-refractivity contribution in [2.75, 3.05) is 33.2 Å². The molecular weight excluding hydrogens is 296 g/mol. The van der Waals surface area contributed by atoms with Crippen LogP contribution in [-0.4, -0.2) is 50.1 Å². The van der Waals surface area contributed by atoms with Crippen molar-refractivity contribution in [1.29, 1.82) is 0 Å². The lowest BCUT2D eigenvalue weighted by Crippen LogP contribution is -2.46. The predicted molar refractivity (Wildman–Crippen MR) is 104 cm³/mol. The average Bonchev–Trinajstić information content (AvgIpc) is 2.62. The molecule has 2 unspecified atom stereocenters. The van der Waals surface area contributed by atoms with E-state index < -0.39 is 0 Å². The molecule has 2 rings (SSSR count). The molecule has 1 aliphatic rings. The highest BCUT2D eigenvalue weighted by Gasteiger charge is 2.21. The van der Waals surface area contributed by atoms with Gasteiger partial charge in [0.25, 0.3) is 0 Å². The second kappa shape index (κ2) is 9.67. The zero-order valence-corrected chi connectivity index (χ0v) is 15.8. The summed E-state index contributed by atoms with van der Waals surface area (Å²) in [6, 6.07) is 11.3. The van der Waals surface area contributed by atoms with E-state index in [1.54, 1.807) is 0 Å². The fourth-order valence-electron chi connectivity index (χ4n) is 3.34. The molecule has 2 atom stereocenters. The van der Waals surface area contributed by atoms with Crippen LogP contribution in [0.3, 0.4) is 0 Å². The molecule has 4 nitrogen and oxygen atoms in total. The van der Waals surface area contributed by atoms with Crippen LogP contribution in [0.1, 0.15) is 45.1 Å². The molecule has 0 saturated carbocycles. The molecule has 1 saturated heterocycles. The number of aliphatic imine (C=N–C) groups is 1. The molecule has 4 heteroatoms. The molecule has 0 aliphatic carbocycles. The third-order valence-corrected chi connectivity index (χ3v) is 5.01. The van der Waals surface area contributed by atoms with Crippen molar-refractivity contribution in [2.45, 2.75) is 45.6 Å². The van der Waals surface area contributed by atoms with Crippen LogP contribution >= 0.6 is 0 Å². The standard InChI is InChI=1S/C20H34N4/c1-16(2)24-12-8-9-18(15-24)14-23-20(21-4)22-13-17(3)19-10-6-5-7-11-19/h5-7,10-11,16-18H,8-9,12-15H2,1-4H3,(H2,21,22,23). The van der Waals surface area contributed by atoms with Gasteiger partial charge in [-0.25, -0.2) is 0 Å². The number of rotatable bonds is 6. The van der Waals surface area contributed by atoms with E-state index in [4.69, 9.17) is 0 Å². The van der Waals surface area contributed by atoms with Gasteiger partial charge < -0.3 is 15.5 Å². The van der Waals surface area contributed by atoms with Crippen LogP contribution in [-0.2, 0) is 0 Å². The molecule has 0 radical (unpaired) electrons. The SMILES string of the molecule is CN=C(NCC1CCCN(C(C)C)C1)NCC(C)c1ccccc1. The van der Waals surface area contributed by atoms with Crippen molar-refractivity contribution in [3.05, 3.63) is 35.9 Å². The minimum absolute atomic E-state index is 0.468. The Morgan fingerprint density at radius 1 is 1.21 bits per heavy atom. The molecule has 134 valence electrons. The number of likely N-dealkylation sites (tertiary alicyclic amines) is 1. The summed E-state index contributed by atoms with van der Waals surface area (Å²) in [4.78, 5) is 6.96. The van der Waals surface area contributed by atoms with Crippen molar-refractivity contribution in [2.24, 2.45) is 10.9 Å². The highest BCUT2D eigenvalue weighted by Crippen LogP contribution is 2.17. The molecule has 1 fully saturated rings. The quantitative estimate of drug-likeness (QED) is 0.622. The summed E-state index contributed by atoms with van der Waals surface area (Å²) < 4.78 is 0. The third-order valence-electron chi connectivity index (χ3n) is 5.01. The summed E-state index contributed by atoms with van der Waals surface area (Å²) in [5.74, 6) is 2.10. The average molecular weight is 331 g/mol. The Morgan fingerprint density at radius 3 is 2.62 bits per heavy atom. The zero-order valence-electron chi connectivity index (χ0n) is 15.8. The Labute approximate surface area is 147 Å². The molecule has 1 aromatic rings. The fraction of sp³-hybridized carbons (Fsp3) is 0.650. The van der Waals surface area contributed by atoms with Crippen molar-refractivity contribution >= 4 is 5.96 Å². The Kier molecular flexibility index (Phi) is 7.57. The van der Waals surface area contributed by atoms with Gasteiger partial charge in [0.05, 0.1) is 0 Å². The number of piperidine rings is 1. The summed E-state index contributed by atoms with van der Waals surface area (Å²) in [5.41, 5.74) is 1.36. The molecule has 0 amide bonds. The van der Waals surface area contributed by atoms with Crippen LogP contribution in [0.15, 0.2) is 35.3 Å². The second-order valence-electron chi connectivity index (χ2n) is 7.24. The summed E-state index contributed by atoms with van der Waals surface area (Å²) in [6.07, 6.45) is 2.62. The van der Waals surface area contributed by atoms with Crippen molar-refractivity contribution in [3.8, 4) is 0 Å². The first-order valence-electron chi connectivity index (χ1n) is 9.33. The molecule has 0 aromatic heterocycles. The molecular formula is C20H34N4. The van der Waals surface area contributed by atoms with E-state index in [-0.39, 0.29) is 0 Å². The number of guanidine groups is 1. The van der Waals surface area contributed by atoms with Gasteiger partial charge in [0, 0.05) is 32.7 Å². The number of hydrogen-bond acceptors (Lipinski definition) is 2. The lowest BCUT2D eigenvalue weighted by atomic mass is 9.97. The minimum atomic E-state index is 0.468. The molecule has 1 heterocycles. The first-order valence-corrected chi connectivity index (χ1v) is 9.33. The smallest absolute Gasteiger partial charge is 0.191 e. The van der Waals surface area contributed by atoms with Crippen molar-refractivity contribution in [3.63, 3.8) is 0 Å². The Morgan fingerprint density at radius 2 is 1.96 bits per heavy atom. The van der Waals surface area contributed by atoms with E-state index in [1.165, 1.54) is 31.5 Å². The second-order valence-corrected chi connectivity index (χ2v) is 7.24. The maximum Gasteiger partial charge on any atom is 0.191 e. The van der Waals surface area contributed by atoms with E-state index in [0.717, 1.165) is 19.0 Å². The highest BCUT2D eigenvalue weighted by atomic mass is 15.2. The van der Waals surface area contributed by atoms with Gasteiger partial charge in [0.2, 0.25) is 0 Å². The van der Waals surface area contributed by atoms with E-state index >= 15 is 0 Å². The zero-order chi connectivity index (χ0) is 17.4. The van der Waals surface area contributed by atoms with Gasteiger partial charge in [-0.3, -0.25) is 4.99 Å². The normalized spacial score (nSPS) is 20.9. The van der Waals surface area contributed by atoms with Crippen LogP contribution in [0.2, 0.25) is 0 Å². The first kappa shape index (κ1) is 18.8. The Bertz CT molecular complexity index is 498. The molecule has 0 spiro atoms. The van der Waals surface area contributed by atoms with Gasteiger partial charge in [-0.2, -0.15) is 0 Å². The van der Waals surface area contributed by atoms with Gasteiger partial charge in [-0.1, -0.05) is 37.3 Å². The lowest BCUT2D eigenvalue weighted by Gasteiger charge is -2.35. The summed E-state index contributed by atoms with van der Waals surface area (Å²) in [5, 5.41) is 6.98. The predicted octanol–water partition coefficient (Wildman–Crippen LogP) is 3.08. The lowest BCUT2D eigenvalue weighted by molar-refractivity contribution is 0.141. The molecule has 2 N–H and O–H groups in total. The van der Waals surface area contributed by atoms with Crippen LogP contribution in [0.5, 0.6) is 0 Å². The van der Waals surface area contributed by atoms with E-state index in [0.29, 0.717) is 17.9 Å². The van der Waals surface area contributed by atoms with Crippen LogP contribution in [0.4, 0.5) is 0 Å². The maximum atomic E-state index is 4.37. The molecule has 24 heavy (non-hydrogen) atoms. The van der Waals surface area contributed by atoms with Gasteiger partial charge in [0.1, 0.15) is 0 Å². The first-order chi connectivity index (χ1) is 11.6. The van der Waals surface area contributed by atoms with Crippen LogP contribution in [0, 0.1) is 5.92 Å². The van der Waals surface area contributed by atoms with E-state index in [9.17, 15) is 0 Å². The van der Waals surface area contributed by atoms with Gasteiger partial charge in [0.15, 0.2) is 5.96 Å². The molecule has 1 aliphatic heterocycles. The number of hydrogen-bond donors (Lipinski definition) is 2. The molecule has 0 bridgehead atoms. The summed E-state index contributed by atoms with van der Waals surface area (Å²) in [6.45, 7) is 11.2. The van der Waals surface area contributed by atoms with Crippen LogP contribution < -0.4 is 10.6 Å². The van der Waals surface area contributed by atoms with E-state index in [2.05, 4.69) is 71.6 Å². The van der Waals surface area contributed by atoms with E-state index in [1.807, 2.05) is 7.05 Å². The van der Waals surface area contributed by atoms with Crippen LogP contribution in [0.25, 0.3) is 0 Å². The highest BCUT2D eigenvalue weighted by molar-refractivity contribution is 5.79. The number of nitrogens with zero attached hydrogens (tertiary/aromatic N) is 2.